The molecule has 1 atom stereocenters. The zero-order valence-corrected chi connectivity index (χ0v) is 12.1. The highest BCUT2D eigenvalue weighted by Crippen LogP contribution is 2.27. The molecule has 1 rings (SSSR count). The minimum atomic E-state index is -0.597. The highest BCUT2D eigenvalue weighted by molar-refractivity contribution is 5.80. The molecule has 1 unspecified atom stereocenters. The number of nitrogens with one attached hydrogen (secondary N) is 1. The van der Waals surface area contributed by atoms with Crippen molar-refractivity contribution in [3.63, 3.8) is 0 Å². The largest absolute Gasteiger partial charge is 0.493 e. The Hall–Kier alpha value is -1.79. The number of ether oxygens (including phenoxy) is 3. The minimum absolute atomic E-state index is 0.165. The number of carbonyl (C=O) groups is 1. The van der Waals surface area contributed by atoms with E-state index in [1.165, 1.54) is 7.11 Å². The van der Waals surface area contributed by atoms with Gasteiger partial charge in [0.25, 0.3) is 0 Å². The second kappa shape index (κ2) is 8.39. The monoisotopic (exact) mass is 282 g/mol. The molecule has 0 saturated carbocycles. The predicted molar refractivity (Wildman–Crippen MR) is 76.1 cm³/mol. The van der Waals surface area contributed by atoms with E-state index in [0.717, 1.165) is 5.56 Å². The van der Waals surface area contributed by atoms with Crippen molar-refractivity contribution in [2.75, 3.05) is 34.4 Å². The van der Waals surface area contributed by atoms with E-state index in [1.807, 2.05) is 18.2 Å². The molecule has 0 aliphatic heterocycles. The van der Waals surface area contributed by atoms with Crippen LogP contribution in [-0.4, -0.2) is 46.4 Å². The summed E-state index contributed by atoms with van der Waals surface area (Å²) in [7, 11) is 4.65. The fraction of sp³-hybridized carbons (Fsp3) is 0.500. The van der Waals surface area contributed by atoms with Gasteiger partial charge in [-0.05, 0) is 24.1 Å². The second-order valence-electron chi connectivity index (χ2n) is 4.19. The third-order valence-corrected chi connectivity index (χ3v) is 2.95. The lowest BCUT2D eigenvalue weighted by molar-refractivity contribution is -0.130. The molecule has 0 heterocycles. The highest BCUT2D eigenvalue weighted by Gasteiger charge is 2.14. The molecule has 0 saturated heterocycles. The molecule has 1 aromatic rings. The van der Waals surface area contributed by atoms with Gasteiger partial charge in [-0.25, -0.2) is 0 Å². The van der Waals surface area contributed by atoms with Crippen molar-refractivity contribution >= 4 is 5.91 Å². The fourth-order valence-electron chi connectivity index (χ4n) is 1.79. The maximum Gasteiger partial charge on any atom is 0.250 e. The Morgan fingerprint density at radius 1 is 1.25 bits per heavy atom. The molecular formula is C14H22N2O4. The molecule has 1 aromatic carbocycles. The Labute approximate surface area is 119 Å². The number of rotatable bonds is 8. The van der Waals surface area contributed by atoms with Crippen LogP contribution in [0.4, 0.5) is 0 Å². The first-order valence-corrected chi connectivity index (χ1v) is 6.37. The van der Waals surface area contributed by atoms with Gasteiger partial charge in [-0.2, -0.15) is 0 Å². The lowest BCUT2D eigenvalue weighted by Crippen LogP contribution is -2.41. The van der Waals surface area contributed by atoms with Gasteiger partial charge in [0.15, 0.2) is 11.5 Å². The van der Waals surface area contributed by atoms with Crippen LogP contribution in [0.2, 0.25) is 0 Å². The van der Waals surface area contributed by atoms with Crippen LogP contribution < -0.4 is 20.5 Å². The Kier molecular flexibility index (Phi) is 6.83. The molecule has 112 valence electrons. The van der Waals surface area contributed by atoms with Crippen molar-refractivity contribution in [3.8, 4) is 11.5 Å². The van der Waals surface area contributed by atoms with Crippen LogP contribution in [0.15, 0.2) is 18.2 Å². The van der Waals surface area contributed by atoms with Crippen LogP contribution in [0, 0.1) is 0 Å². The molecule has 0 aliphatic rings. The van der Waals surface area contributed by atoms with E-state index in [9.17, 15) is 4.79 Å². The molecule has 20 heavy (non-hydrogen) atoms. The zero-order chi connectivity index (χ0) is 15.0. The summed E-state index contributed by atoms with van der Waals surface area (Å²) in [6.45, 7) is 0.673. The number of amides is 1. The number of carbonyl (C=O) groups excluding carboxylic acids is 1. The smallest absolute Gasteiger partial charge is 0.250 e. The summed E-state index contributed by atoms with van der Waals surface area (Å²) in [4.78, 5) is 11.7. The van der Waals surface area contributed by atoms with Gasteiger partial charge in [-0.15, -0.1) is 0 Å². The summed E-state index contributed by atoms with van der Waals surface area (Å²) >= 11 is 0. The lowest BCUT2D eigenvalue weighted by Gasteiger charge is -2.13. The summed E-state index contributed by atoms with van der Waals surface area (Å²) in [5.74, 6) is 1.16. The second-order valence-corrected chi connectivity index (χ2v) is 4.19. The SMILES string of the molecule is COc1ccc(CCNC(=O)C(CN)OC)cc1OC. The lowest BCUT2D eigenvalue weighted by atomic mass is 10.1. The van der Waals surface area contributed by atoms with Gasteiger partial charge in [0, 0.05) is 20.2 Å². The Bertz CT molecular complexity index is 433. The Balaban J connectivity index is 2.52. The van der Waals surface area contributed by atoms with Crippen LogP contribution in [0.25, 0.3) is 0 Å². The summed E-state index contributed by atoms with van der Waals surface area (Å²) in [6, 6.07) is 5.67. The molecule has 0 aromatic heterocycles. The van der Waals surface area contributed by atoms with E-state index >= 15 is 0 Å². The normalized spacial score (nSPS) is 11.8. The molecule has 6 heteroatoms. The van der Waals surface area contributed by atoms with E-state index in [1.54, 1.807) is 14.2 Å². The molecule has 0 radical (unpaired) electrons. The first kappa shape index (κ1) is 16.3. The van der Waals surface area contributed by atoms with Crippen LogP contribution in [0.5, 0.6) is 11.5 Å². The maximum atomic E-state index is 11.7. The first-order chi connectivity index (χ1) is 9.65. The van der Waals surface area contributed by atoms with Crippen molar-refractivity contribution in [1.82, 2.24) is 5.32 Å². The van der Waals surface area contributed by atoms with Gasteiger partial charge in [0.05, 0.1) is 14.2 Å². The van der Waals surface area contributed by atoms with Crippen LogP contribution in [0.1, 0.15) is 5.56 Å². The number of benzene rings is 1. The fourth-order valence-corrected chi connectivity index (χ4v) is 1.79. The third kappa shape index (κ3) is 4.40. The molecule has 0 fully saturated rings. The number of nitrogens with two attached hydrogens (primary N) is 1. The van der Waals surface area contributed by atoms with Crippen LogP contribution in [-0.2, 0) is 16.0 Å². The standard InChI is InChI=1S/C14H22N2O4/c1-18-11-5-4-10(8-12(11)19-2)6-7-16-14(17)13(9-15)20-3/h4-5,8,13H,6-7,9,15H2,1-3H3,(H,16,17). The van der Waals surface area contributed by atoms with Crippen molar-refractivity contribution in [2.24, 2.45) is 5.73 Å². The van der Waals surface area contributed by atoms with Gasteiger partial charge in [0.2, 0.25) is 5.91 Å². The molecule has 3 N–H and O–H groups in total. The van der Waals surface area contributed by atoms with Gasteiger partial charge in [-0.3, -0.25) is 4.79 Å². The number of hydrogen-bond acceptors (Lipinski definition) is 5. The van der Waals surface area contributed by atoms with Gasteiger partial charge >= 0.3 is 0 Å². The topological polar surface area (TPSA) is 82.8 Å². The number of methoxy groups -OCH3 is 3. The molecule has 0 aliphatic carbocycles. The van der Waals surface area contributed by atoms with Crippen molar-refractivity contribution < 1.29 is 19.0 Å². The van der Waals surface area contributed by atoms with Crippen molar-refractivity contribution in [1.29, 1.82) is 0 Å². The minimum Gasteiger partial charge on any atom is -0.493 e. The first-order valence-electron chi connectivity index (χ1n) is 6.37. The predicted octanol–water partition coefficient (Wildman–Crippen LogP) is 0.336. The average molecular weight is 282 g/mol. The highest BCUT2D eigenvalue weighted by atomic mass is 16.5. The van der Waals surface area contributed by atoms with Crippen LogP contribution >= 0.6 is 0 Å². The Morgan fingerprint density at radius 3 is 2.50 bits per heavy atom. The Morgan fingerprint density at radius 2 is 1.95 bits per heavy atom. The van der Waals surface area contributed by atoms with E-state index in [2.05, 4.69) is 5.32 Å². The summed E-state index contributed by atoms with van der Waals surface area (Å²) in [5.41, 5.74) is 6.47. The molecule has 6 nitrogen and oxygen atoms in total. The average Bonchev–Trinajstić information content (AvgIpc) is 2.48. The van der Waals surface area contributed by atoms with Gasteiger partial charge < -0.3 is 25.3 Å². The summed E-state index contributed by atoms with van der Waals surface area (Å²) in [6.07, 6.45) is 0.0908. The van der Waals surface area contributed by atoms with Gasteiger partial charge in [0.1, 0.15) is 6.10 Å². The molecule has 0 spiro atoms. The van der Waals surface area contributed by atoms with E-state index < -0.39 is 6.10 Å². The quantitative estimate of drug-likeness (QED) is 0.718. The third-order valence-electron chi connectivity index (χ3n) is 2.95. The zero-order valence-electron chi connectivity index (χ0n) is 12.1. The van der Waals surface area contributed by atoms with Crippen LogP contribution in [0.3, 0.4) is 0 Å². The van der Waals surface area contributed by atoms with E-state index in [4.69, 9.17) is 19.9 Å². The maximum absolute atomic E-state index is 11.7. The molecular weight excluding hydrogens is 260 g/mol. The summed E-state index contributed by atoms with van der Waals surface area (Å²) < 4.78 is 15.4. The van der Waals surface area contributed by atoms with Crippen molar-refractivity contribution in [2.45, 2.75) is 12.5 Å². The van der Waals surface area contributed by atoms with E-state index in [0.29, 0.717) is 24.5 Å². The molecule has 1 amide bonds. The number of hydrogen-bond donors (Lipinski definition) is 2. The van der Waals surface area contributed by atoms with Gasteiger partial charge in [-0.1, -0.05) is 6.07 Å². The molecule has 0 bridgehead atoms. The van der Waals surface area contributed by atoms with E-state index in [-0.39, 0.29) is 12.5 Å². The summed E-state index contributed by atoms with van der Waals surface area (Å²) in [5, 5.41) is 2.78. The van der Waals surface area contributed by atoms with Crippen molar-refractivity contribution in [3.05, 3.63) is 23.8 Å².